The predicted molar refractivity (Wildman–Crippen MR) is 106 cm³/mol. The molecule has 1 amide bonds. The average molecular weight is 425 g/mol. The van der Waals surface area contributed by atoms with Crippen LogP contribution in [0.3, 0.4) is 0 Å². The Morgan fingerprint density at radius 3 is 2.46 bits per heavy atom. The van der Waals surface area contributed by atoms with Crippen molar-refractivity contribution >= 4 is 33.2 Å². The number of halogens is 1. The second-order valence-corrected chi connectivity index (χ2v) is 8.87. The van der Waals surface area contributed by atoms with Gasteiger partial charge in [0.1, 0.15) is 11.5 Å². The molecule has 0 bridgehead atoms. The van der Waals surface area contributed by atoms with Crippen molar-refractivity contribution in [3.05, 3.63) is 47.5 Å². The molecule has 1 atom stereocenters. The first kappa shape index (κ1) is 20.4. The van der Waals surface area contributed by atoms with Crippen LogP contribution in [0.15, 0.2) is 47.4 Å². The molecule has 2 N–H and O–H groups in total. The number of benzene rings is 2. The van der Waals surface area contributed by atoms with Gasteiger partial charge in [0.25, 0.3) is 5.91 Å². The SMILES string of the molecule is CC(Oc1ccc(Cl)cc1)C(=O)Nc1cc(S(=O)(=O)N2CCCC2)ccc1O. The molecule has 1 saturated heterocycles. The lowest BCUT2D eigenvalue weighted by molar-refractivity contribution is -0.122. The van der Waals surface area contributed by atoms with Gasteiger partial charge in [-0.15, -0.1) is 0 Å². The fraction of sp³-hybridized carbons (Fsp3) is 0.316. The summed E-state index contributed by atoms with van der Waals surface area (Å²) in [4.78, 5) is 12.4. The number of sulfonamides is 1. The van der Waals surface area contributed by atoms with E-state index in [-0.39, 0.29) is 16.3 Å². The minimum atomic E-state index is -3.66. The Kier molecular flexibility index (Phi) is 6.12. The summed E-state index contributed by atoms with van der Waals surface area (Å²) in [6.45, 7) is 2.49. The highest BCUT2D eigenvalue weighted by molar-refractivity contribution is 7.89. The summed E-state index contributed by atoms with van der Waals surface area (Å²) in [7, 11) is -3.66. The van der Waals surface area contributed by atoms with Crippen molar-refractivity contribution in [1.82, 2.24) is 4.31 Å². The lowest BCUT2D eigenvalue weighted by Crippen LogP contribution is -2.30. The van der Waals surface area contributed by atoms with Crippen molar-refractivity contribution in [2.45, 2.75) is 30.8 Å². The van der Waals surface area contributed by atoms with Gasteiger partial charge in [0, 0.05) is 18.1 Å². The van der Waals surface area contributed by atoms with Gasteiger partial charge >= 0.3 is 0 Å². The third-order valence-corrected chi connectivity index (χ3v) is 6.57. The summed E-state index contributed by atoms with van der Waals surface area (Å²) in [6.07, 6.45) is 0.764. The van der Waals surface area contributed by atoms with E-state index < -0.39 is 22.0 Å². The normalized spacial score (nSPS) is 15.9. The van der Waals surface area contributed by atoms with Crippen LogP contribution in [0.25, 0.3) is 0 Å². The number of rotatable bonds is 6. The topological polar surface area (TPSA) is 95.9 Å². The van der Waals surface area contributed by atoms with Crippen LogP contribution in [0.4, 0.5) is 5.69 Å². The number of amides is 1. The summed E-state index contributed by atoms with van der Waals surface area (Å²) in [6, 6.07) is 10.4. The lowest BCUT2D eigenvalue weighted by Gasteiger charge is -2.18. The number of hydrogen-bond acceptors (Lipinski definition) is 5. The van der Waals surface area contributed by atoms with Gasteiger partial charge in [0.2, 0.25) is 10.0 Å². The molecule has 2 aromatic carbocycles. The van der Waals surface area contributed by atoms with E-state index in [1.165, 1.54) is 22.5 Å². The second-order valence-electron chi connectivity index (χ2n) is 6.49. The molecule has 1 unspecified atom stereocenters. The Bertz CT molecular complexity index is 957. The van der Waals surface area contributed by atoms with Crippen molar-refractivity contribution in [1.29, 1.82) is 0 Å². The van der Waals surface area contributed by atoms with Gasteiger partial charge in [-0.25, -0.2) is 8.42 Å². The minimum absolute atomic E-state index is 0.0110. The van der Waals surface area contributed by atoms with Crippen LogP contribution in [-0.2, 0) is 14.8 Å². The smallest absolute Gasteiger partial charge is 0.265 e. The number of carbonyl (C=O) groups excluding carboxylic acids is 1. The molecule has 0 aromatic heterocycles. The van der Waals surface area contributed by atoms with Crippen molar-refractivity contribution in [2.24, 2.45) is 0 Å². The van der Waals surface area contributed by atoms with Gasteiger partial charge in [-0.3, -0.25) is 4.79 Å². The summed E-state index contributed by atoms with van der Waals surface area (Å²) in [5.74, 6) is -0.296. The van der Waals surface area contributed by atoms with Gasteiger partial charge in [0.15, 0.2) is 6.10 Å². The van der Waals surface area contributed by atoms with Crippen molar-refractivity contribution in [3.63, 3.8) is 0 Å². The highest BCUT2D eigenvalue weighted by Crippen LogP contribution is 2.29. The number of hydrogen-bond donors (Lipinski definition) is 2. The summed E-state index contributed by atoms with van der Waals surface area (Å²) < 4.78 is 32.3. The van der Waals surface area contributed by atoms with Gasteiger partial charge < -0.3 is 15.2 Å². The molecule has 1 aliphatic rings. The zero-order chi connectivity index (χ0) is 20.3. The largest absolute Gasteiger partial charge is 0.506 e. The van der Waals surface area contributed by atoms with Crippen molar-refractivity contribution < 1.29 is 23.1 Å². The van der Waals surface area contributed by atoms with E-state index in [4.69, 9.17) is 16.3 Å². The maximum Gasteiger partial charge on any atom is 0.265 e. The fourth-order valence-corrected chi connectivity index (χ4v) is 4.53. The van der Waals surface area contributed by atoms with Crippen LogP contribution in [-0.4, -0.2) is 42.9 Å². The van der Waals surface area contributed by atoms with E-state index in [1.807, 2.05) is 0 Å². The van der Waals surface area contributed by atoms with Crippen LogP contribution in [0.5, 0.6) is 11.5 Å². The van der Waals surface area contributed by atoms with E-state index in [9.17, 15) is 18.3 Å². The van der Waals surface area contributed by atoms with Crippen LogP contribution < -0.4 is 10.1 Å². The first-order chi connectivity index (χ1) is 13.3. The van der Waals surface area contributed by atoms with E-state index in [0.717, 1.165) is 12.8 Å². The van der Waals surface area contributed by atoms with Crippen LogP contribution in [0, 0.1) is 0 Å². The van der Waals surface area contributed by atoms with Crippen molar-refractivity contribution in [3.8, 4) is 11.5 Å². The molecule has 1 fully saturated rings. The number of ether oxygens (including phenoxy) is 1. The highest BCUT2D eigenvalue weighted by atomic mass is 35.5. The standard InChI is InChI=1S/C19H21ClN2O5S/c1-13(27-15-6-4-14(20)5-7-15)19(24)21-17-12-16(8-9-18(17)23)28(25,26)22-10-2-3-11-22/h4-9,12-13,23H,2-3,10-11H2,1H3,(H,21,24). The van der Waals surface area contributed by atoms with Gasteiger partial charge in [-0.1, -0.05) is 11.6 Å². The van der Waals surface area contributed by atoms with E-state index in [1.54, 1.807) is 31.2 Å². The number of aromatic hydroxyl groups is 1. The molecular formula is C19H21ClN2O5S. The van der Waals surface area contributed by atoms with E-state index in [2.05, 4.69) is 5.32 Å². The van der Waals surface area contributed by atoms with Gasteiger partial charge in [-0.05, 0) is 62.2 Å². The van der Waals surface area contributed by atoms with Crippen LogP contribution in [0.2, 0.25) is 5.02 Å². The Labute approximate surface area is 168 Å². The maximum atomic E-state index is 12.7. The summed E-state index contributed by atoms with van der Waals surface area (Å²) in [5.41, 5.74) is 0.0110. The molecule has 9 heteroatoms. The number of nitrogens with zero attached hydrogens (tertiary/aromatic N) is 1. The molecule has 1 aliphatic heterocycles. The highest BCUT2D eigenvalue weighted by Gasteiger charge is 2.28. The predicted octanol–water partition coefficient (Wildman–Crippen LogP) is 3.24. The van der Waals surface area contributed by atoms with Crippen LogP contribution in [0.1, 0.15) is 19.8 Å². The fourth-order valence-electron chi connectivity index (χ4n) is 2.86. The van der Waals surface area contributed by atoms with Crippen LogP contribution >= 0.6 is 11.6 Å². The zero-order valence-corrected chi connectivity index (χ0v) is 16.8. The maximum absolute atomic E-state index is 12.7. The molecule has 1 heterocycles. The van der Waals surface area contributed by atoms with Gasteiger partial charge in [-0.2, -0.15) is 4.31 Å². The van der Waals surface area contributed by atoms with Gasteiger partial charge in [0.05, 0.1) is 10.6 Å². The minimum Gasteiger partial charge on any atom is -0.506 e. The molecule has 0 spiro atoms. The summed E-state index contributed by atoms with van der Waals surface area (Å²) in [5, 5.41) is 13.1. The molecule has 3 rings (SSSR count). The molecule has 150 valence electrons. The molecule has 7 nitrogen and oxygen atoms in total. The molecule has 28 heavy (non-hydrogen) atoms. The summed E-state index contributed by atoms with van der Waals surface area (Å²) >= 11 is 5.82. The number of phenols is 1. The second kappa shape index (κ2) is 8.38. The molecule has 0 saturated carbocycles. The zero-order valence-electron chi connectivity index (χ0n) is 15.3. The average Bonchev–Trinajstić information content (AvgIpc) is 3.20. The Morgan fingerprint density at radius 2 is 1.82 bits per heavy atom. The Morgan fingerprint density at radius 1 is 1.18 bits per heavy atom. The Balaban J connectivity index is 1.74. The lowest BCUT2D eigenvalue weighted by atomic mass is 10.2. The quantitative estimate of drug-likeness (QED) is 0.694. The third-order valence-electron chi connectivity index (χ3n) is 4.42. The third kappa shape index (κ3) is 4.57. The molecule has 0 aliphatic carbocycles. The number of phenolic OH excluding ortho intramolecular Hbond substituents is 1. The van der Waals surface area contributed by atoms with E-state index >= 15 is 0 Å². The van der Waals surface area contributed by atoms with E-state index in [0.29, 0.717) is 23.9 Å². The van der Waals surface area contributed by atoms with Crippen molar-refractivity contribution in [2.75, 3.05) is 18.4 Å². The molecular weight excluding hydrogens is 404 g/mol. The Hall–Kier alpha value is -2.29. The first-order valence-electron chi connectivity index (χ1n) is 8.83. The number of nitrogens with one attached hydrogen (secondary N) is 1. The number of anilines is 1. The molecule has 2 aromatic rings. The molecule has 0 radical (unpaired) electrons. The monoisotopic (exact) mass is 424 g/mol. The first-order valence-corrected chi connectivity index (χ1v) is 10.7. The number of carbonyl (C=O) groups is 1.